The molecule has 0 radical (unpaired) electrons. The van der Waals surface area contributed by atoms with E-state index in [4.69, 9.17) is 0 Å². The predicted molar refractivity (Wildman–Crippen MR) is 62.0 cm³/mol. The van der Waals surface area contributed by atoms with Crippen molar-refractivity contribution in [3.8, 4) is 5.75 Å². The lowest BCUT2D eigenvalue weighted by Gasteiger charge is -2.26. The minimum absolute atomic E-state index is 0.400. The summed E-state index contributed by atoms with van der Waals surface area (Å²) in [5.41, 5.74) is 2.29. The number of likely N-dealkylation sites (tertiary alicyclic amines) is 1. The van der Waals surface area contributed by atoms with Gasteiger partial charge in [0.25, 0.3) is 0 Å². The zero-order chi connectivity index (χ0) is 10.7. The number of phenolic OH excluding ortho intramolecular Hbond substituents is 1. The van der Waals surface area contributed by atoms with Crippen LogP contribution < -0.4 is 0 Å². The summed E-state index contributed by atoms with van der Waals surface area (Å²) in [6.07, 6.45) is 4.04. The van der Waals surface area contributed by atoms with Crippen LogP contribution in [0.3, 0.4) is 0 Å². The van der Waals surface area contributed by atoms with Gasteiger partial charge in [-0.15, -0.1) is 0 Å². The van der Waals surface area contributed by atoms with Crippen molar-refractivity contribution in [1.29, 1.82) is 0 Å². The molecule has 0 aromatic heterocycles. The van der Waals surface area contributed by atoms with Crippen molar-refractivity contribution >= 4 is 0 Å². The van der Waals surface area contributed by atoms with Crippen LogP contribution >= 0.6 is 0 Å². The van der Waals surface area contributed by atoms with E-state index in [0.29, 0.717) is 5.75 Å². The highest BCUT2D eigenvalue weighted by molar-refractivity contribution is 5.34. The Bertz CT molecular complexity index is 329. The molecular formula is C13H19NO. The lowest BCUT2D eigenvalue weighted by Crippen LogP contribution is -2.29. The van der Waals surface area contributed by atoms with E-state index in [1.165, 1.54) is 37.9 Å². The zero-order valence-corrected chi connectivity index (χ0v) is 9.37. The van der Waals surface area contributed by atoms with Crippen LogP contribution in [0.2, 0.25) is 0 Å². The summed E-state index contributed by atoms with van der Waals surface area (Å²) in [6.45, 7) is 5.43. The largest absolute Gasteiger partial charge is 0.508 e. The monoisotopic (exact) mass is 205 g/mol. The smallest absolute Gasteiger partial charge is 0.118 e. The molecule has 0 aliphatic carbocycles. The molecule has 0 amide bonds. The first-order valence-electron chi connectivity index (χ1n) is 5.76. The van der Waals surface area contributed by atoms with Crippen molar-refractivity contribution in [2.24, 2.45) is 0 Å². The molecule has 1 aromatic carbocycles. The highest BCUT2D eigenvalue weighted by Gasteiger charge is 2.10. The molecule has 2 nitrogen and oxygen atoms in total. The summed E-state index contributed by atoms with van der Waals surface area (Å²) in [7, 11) is 0. The number of nitrogens with zero attached hydrogens (tertiary/aromatic N) is 1. The van der Waals surface area contributed by atoms with E-state index in [9.17, 15) is 5.11 Å². The summed E-state index contributed by atoms with van der Waals surface area (Å²) >= 11 is 0. The molecular weight excluding hydrogens is 186 g/mol. The summed E-state index contributed by atoms with van der Waals surface area (Å²) < 4.78 is 0. The molecule has 1 saturated heterocycles. The van der Waals surface area contributed by atoms with Gasteiger partial charge < -0.3 is 5.11 Å². The van der Waals surface area contributed by atoms with E-state index in [1.807, 2.05) is 13.0 Å². The second-order valence-electron chi connectivity index (χ2n) is 4.46. The maximum Gasteiger partial charge on any atom is 0.118 e. The Kier molecular flexibility index (Phi) is 3.27. The van der Waals surface area contributed by atoms with Crippen LogP contribution in [0.4, 0.5) is 0 Å². The fraction of sp³-hybridized carbons (Fsp3) is 0.538. The number of aryl methyl sites for hydroxylation is 1. The van der Waals surface area contributed by atoms with E-state index in [1.54, 1.807) is 6.07 Å². The number of aromatic hydroxyl groups is 1. The van der Waals surface area contributed by atoms with Gasteiger partial charge in [-0.05, 0) is 50.0 Å². The van der Waals surface area contributed by atoms with Crippen LogP contribution in [0.1, 0.15) is 30.4 Å². The lowest BCUT2D eigenvalue weighted by atomic mass is 10.1. The van der Waals surface area contributed by atoms with Gasteiger partial charge >= 0.3 is 0 Å². The molecule has 2 heteroatoms. The van der Waals surface area contributed by atoms with Gasteiger partial charge in [0.15, 0.2) is 0 Å². The number of phenols is 1. The topological polar surface area (TPSA) is 23.5 Å². The Balaban J connectivity index is 2.00. The van der Waals surface area contributed by atoms with Crippen molar-refractivity contribution < 1.29 is 5.11 Å². The molecule has 1 fully saturated rings. The van der Waals surface area contributed by atoms with Crippen LogP contribution in [-0.2, 0) is 6.54 Å². The van der Waals surface area contributed by atoms with Crippen molar-refractivity contribution in [1.82, 2.24) is 4.90 Å². The number of piperidine rings is 1. The highest BCUT2D eigenvalue weighted by atomic mass is 16.3. The number of hydrogen-bond donors (Lipinski definition) is 1. The third-order valence-corrected chi connectivity index (χ3v) is 3.12. The second-order valence-corrected chi connectivity index (χ2v) is 4.46. The van der Waals surface area contributed by atoms with Gasteiger partial charge in [-0.25, -0.2) is 0 Å². The Morgan fingerprint density at radius 2 is 1.93 bits per heavy atom. The average Bonchev–Trinajstić information content (AvgIpc) is 2.25. The molecule has 1 N–H and O–H groups in total. The summed E-state index contributed by atoms with van der Waals surface area (Å²) in [5, 5.41) is 9.44. The predicted octanol–water partition coefficient (Wildman–Crippen LogP) is 2.69. The first kappa shape index (κ1) is 10.5. The molecule has 0 atom stereocenters. The Morgan fingerprint density at radius 3 is 2.60 bits per heavy atom. The Hall–Kier alpha value is -1.02. The van der Waals surface area contributed by atoms with Crippen LogP contribution in [0.25, 0.3) is 0 Å². The van der Waals surface area contributed by atoms with Gasteiger partial charge in [0, 0.05) is 6.54 Å². The normalized spacial score (nSPS) is 17.9. The molecule has 1 heterocycles. The van der Waals surface area contributed by atoms with E-state index in [-0.39, 0.29) is 0 Å². The second kappa shape index (κ2) is 4.67. The fourth-order valence-electron chi connectivity index (χ4n) is 2.19. The van der Waals surface area contributed by atoms with Gasteiger partial charge in [0.05, 0.1) is 0 Å². The summed E-state index contributed by atoms with van der Waals surface area (Å²) in [4.78, 5) is 2.50. The summed E-state index contributed by atoms with van der Waals surface area (Å²) in [6, 6.07) is 5.91. The van der Waals surface area contributed by atoms with Crippen molar-refractivity contribution in [3.63, 3.8) is 0 Å². The van der Waals surface area contributed by atoms with Crippen molar-refractivity contribution in [2.45, 2.75) is 32.7 Å². The van der Waals surface area contributed by atoms with Crippen LogP contribution in [-0.4, -0.2) is 23.1 Å². The van der Waals surface area contributed by atoms with Gasteiger partial charge in [-0.2, -0.15) is 0 Å². The quantitative estimate of drug-likeness (QED) is 0.802. The number of benzene rings is 1. The minimum Gasteiger partial charge on any atom is -0.508 e. The first-order valence-corrected chi connectivity index (χ1v) is 5.76. The standard InChI is InChI=1S/C13H19NO/c1-11-9-12(5-6-13(11)15)10-14-7-3-2-4-8-14/h5-6,9,15H,2-4,7-8,10H2,1H3. The number of rotatable bonds is 2. The molecule has 1 aliphatic rings. The van der Waals surface area contributed by atoms with Crippen molar-refractivity contribution in [2.75, 3.05) is 13.1 Å². The van der Waals surface area contributed by atoms with E-state index >= 15 is 0 Å². The molecule has 0 bridgehead atoms. The van der Waals surface area contributed by atoms with Gasteiger partial charge in [-0.1, -0.05) is 18.6 Å². The SMILES string of the molecule is Cc1cc(CN2CCCCC2)ccc1O. The molecule has 2 rings (SSSR count). The maximum atomic E-state index is 9.44. The molecule has 15 heavy (non-hydrogen) atoms. The minimum atomic E-state index is 0.400. The van der Waals surface area contributed by atoms with Gasteiger partial charge in [-0.3, -0.25) is 4.90 Å². The van der Waals surface area contributed by atoms with Crippen LogP contribution in [0.15, 0.2) is 18.2 Å². The molecule has 0 unspecified atom stereocenters. The third kappa shape index (κ3) is 2.72. The lowest BCUT2D eigenvalue weighted by molar-refractivity contribution is 0.221. The average molecular weight is 205 g/mol. The Labute approximate surface area is 91.5 Å². The summed E-state index contributed by atoms with van der Waals surface area (Å²) in [5.74, 6) is 0.400. The Morgan fingerprint density at radius 1 is 1.20 bits per heavy atom. The molecule has 82 valence electrons. The van der Waals surface area contributed by atoms with Gasteiger partial charge in [0.1, 0.15) is 5.75 Å². The van der Waals surface area contributed by atoms with Crippen molar-refractivity contribution in [3.05, 3.63) is 29.3 Å². The highest BCUT2D eigenvalue weighted by Crippen LogP contribution is 2.19. The third-order valence-electron chi connectivity index (χ3n) is 3.12. The van der Waals surface area contributed by atoms with E-state index in [0.717, 1.165) is 12.1 Å². The van der Waals surface area contributed by atoms with E-state index < -0.39 is 0 Å². The molecule has 1 aromatic rings. The molecule has 0 saturated carbocycles. The zero-order valence-electron chi connectivity index (χ0n) is 9.37. The first-order chi connectivity index (χ1) is 7.25. The maximum absolute atomic E-state index is 9.44. The fourth-order valence-corrected chi connectivity index (χ4v) is 2.19. The number of hydrogen-bond acceptors (Lipinski definition) is 2. The van der Waals surface area contributed by atoms with Crippen LogP contribution in [0.5, 0.6) is 5.75 Å². The van der Waals surface area contributed by atoms with Crippen LogP contribution in [0, 0.1) is 6.92 Å². The molecule has 0 spiro atoms. The van der Waals surface area contributed by atoms with E-state index in [2.05, 4.69) is 11.0 Å². The molecule has 1 aliphatic heterocycles. The van der Waals surface area contributed by atoms with Gasteiger partial charge in [0.2, 0.25) is 0 Å².